The van der Waals surface area contributed by atoms with Crippen molar-refractivity contribution in [3.63, 3.8) is 0 Å². The van der Waals surface area contributed by atoms with Gasteiger partial charge >= 0.3 is 6.16 Å². The number of fused-ring (bicyclic) bond motifs is 1. The average molecular weight is 373 g/mol. The maximum atomic E-state index is 11.5. The van der Waals surface area contributed by atoms with E-state index in [-0.39, 0.29) is 6.79 Å². The van der Waals surface area contributed by atoms with Crippen molar-refractivity contribution in [2.75, 3.05) is 19.9 Å². The fourth-order valence-corrected chi connectivity index (χ4v) is 5.48. The number of ether oxygens (including phenoxy) is 3. The number of piperidine rings is 1. The Balaban J connectivity index is 1.43. The lowest BCUT2D eigenvalue weighted by Gasteiger charge is -2.56. The Morgan fingerprint density at radius 1 is 1.26 bits per heavy atom. The number of hydrogen-bond acceptors (Lipinski definition) is 5. The fourth-order valence-electron chi connectivity index (χ4n) is 5.48. The largest absolute Gasteiger partial charge is 0.511 e. The Morgan fingerprint density at radius 2 is 2.19 bits per heavy atom. The van der Waals surface area contributed by atoms with Crippen LogP contribution >= 0.6 is 0 Å². The predicted molar refractivity (Wildman–Crippen MR) is 103 cm³/mol. The third-order valence-electron chi connectivity index (χ3n) is 6.74. The third-order valence-corrected chi connectivity index (χ3v) is 6.74. The van der Waals surface area contributed by atoms with Crippen molar-refractivity contribution in [3.05, 3.63) is 29.3 Å². The van der Waals surface area contributed by atoms with Gasteiger partial charge in [-0.3, -0.25) is 0 Å². The number of carbonyl (C=O) groups is 1. The van der Waals surface area contributed by atoms with E-state index >= 15 is 0 Å². The summed E-state index contributed by atoms with van der Waals surface area (Å²) in [5, 5.41) is 3.76. The van der Waals surface area contributed by atoms with Crippen LogP contribution in [0.3, 0.4) is 0 Å². The van der Waals surface area contributed by atoms with Crippen molar-refractivity contribution in [1.82, 2.24) is 5.32 Å². The molecule has 148 valence electrons. The number of hydrogen-bond donors (Lipinski definition) is 1. The standard InChI is InChI=1S/C22H31NO4/c1-2-3-12-25-21(24)27-15-26-17-8-7-16-13-20-18-6-4-5-9-22(18,10-11-23-20)19(16)14-17/h7-8,14,18,20,23H,2-6,9-13,15H2,1H3/t18-,20+,22-/m1/s1. The molecule has 27 heavy (non-hydrogen) atoms. The van der Waals surface area contributed by atoms with E-state index in [1.165, 1.54) is 43.2 Å². The molecule has 1 N–H and O–H groups in total. The summed E-state index contributed by atoms with van der Waals surface area (Å²) in [6.45, 7) is 3.45. The quantitative estimate of drug-likeness (QED) is 0.457. The first-order valence-electron chi connectivity index (χ1n) is 10.5. The molecule has 5 nitrogen and oxygen atoms in total. The van der Waals surface area contributed by atoms with Gasteiger partial charge in [-0.25, -0.2) is 4.79 Å². The minimum atomic E-state index is -0.659. The van der Waals surface area contributed by atoms with E-state index in [0.29, 0.717) is 18.1 Å². The van der Waals surface area contributed by atoms with E-state index in [9.17, 15) is 4.79 Å². The lowest BCUT2D eigenvalue weighted by molar-refractivity contribution is 0.00399. The van der Waals surface area contributed by atoms with Crippen LogP contribution in [0.1, 0.15) is 63.0 Å². The molecule has 1 aromatic rings. The van der Waals surface area contributed by atoms with E-state index in [1.807, 2.05) is 6.07 Å². The van der Waals surface area contributed by atoms with Gasteiger partial charge in [0.1, 0.15) is 5.75 Å². The molecule has 1 saturated carbocycles. The first-order valence-corrected chi connectivity index (χ1v) is 10.5. The van der Waals surface area contributed by atoms with Crippen LogP contribution in [0.5, 0.6) is 5.75 Å². The highest BCUT2D eigenvalue weighted by Crippen LogP contribution is 2.54. The molecule has 2 aliphatic carbocycles. The number of benzene rings is 1. The Labute approximate surface area is 161 Å². The summed E-state index contributed by atoms with van der Waals surface area (Å²) in [7, 11) is 0. The molecule has 1 heterocycles. The van der Waals surface area contributed by atoms with Crippen molar-refractivity contribution in [3.8, 4) is 5.75 Å². The minimum absolute atomic E-state index is 0.107. The van der Waals surface area contributed by atoms with Crippen molar-refractivity contribution < 1.29 is 19.0 Å². The maximum Gasteiger partial charge on any atom is 0.511 e. The molecule has 4 rings (SSSR count). The summed E-state index contributed by atoms with van der Waals surface area (Å²) in [5.41, 5.74) is 3.24. The van der Waals surface area contributed by atoms with E-state index in [4.69, 9.17) is 14.2 Å². The molecule has 3 atom stereocenters. The second-order valence-corrected chi connectivity index (χ2v) is 8.20. The zero-order valence-electron chi connectivity index (χ0n) is 16.3. The van der Waals surface area contributed by atoms with Gasteiger partial charge < -0.3 is 19.5 Å². The zero-order valence-corrected chi connectivity index (χ0v) is 16.3. The molecule has 3 aliphatic rings. The number of nitrogens with one attached hydrogen (secondary N) is 1. The van der Waals surface area contributed by atoms with Crippen LogP contribution in [0.25, 0.3) is 0 Å². The predicted octanol–water partition coefficient (Wildman–Crippen LogP) is 4.32. The summed E-state index contributed by atoms with van der Waals surface area (Å²) >= 11 is 0. The van der Waals surface area contributed by atoms with Crippen LogP contribution in [0.4, 0.5) is 4.79 Å². The summed E-state index contributed by atoms with van der Waals surface area (Å²) in [5.74, 6) is 1.53. The van der Waals surface area contributed by atoms with E-state index < -0.39 is 6.16 Å². The monoisotopic (exact) mass is 373 g/mol. The van der Waals surface area contributed by atoms with Crippen LogP contribution in [0.15, 0.2) is 18.2 Å². The smallest absolute Gasteiger partial charge is 0.457 e. The summed E-state index contributed by atoms with van der Waals surface area (Å²) in [4.78, 5) is 11.5. The van der Waals surface area contributed by atoms with Gasteiger partial charge in [-0.05, 0) is 67.8 Å². The first kappa shape index (κ1) is 18.6. The van der Waals surface area contributed by atoms with Gasteiger partial charge in [0.05, 0.1) is 6.61 Å². The van der Waals surface area contributed by atoms with Crippen LogP contribution in [0.2, 0.25) is 0 Å². The van der Waals surface area contributed by atoms with Crippen molar-refractivity contribution in [2.45, 2.75) is 69.7 Å². The average Bonchev–Trinajstić information content (AvgIpc) is 2.68. The summed E-state index contributed by atoms with van der Waals surface area (Å²) < 4.78 is 15.7. The van der Waals surface area contributed by atoms with Gasteiger partial charge in [-0.2, -0.15) is 0 Å². The summed E-state index contributed by atoms with van der Waals surface area (Å²) in [6, 6.07) is 7.04. The van der Waals surface area contributed by atoms with E-state index in [2.05, 4.69) is 24.4 Å². The van der Waals surface area contributed by atoms with Crippen LogP contribution in [-0.4, -0.2) is 32.1 Å². The van der Waals surface area contributed by atoms with Crippen LogP contribution in [-0.2, 0) is 21.3 Å². The van der Waals surface area contributed by atoms with Gasteiger partial charge in [-0.15, -0.1) is 0 Å². The normalized spacial score (nSPS) is 28.6. The molecular formula is C22H31NO4. The lowest BCUT2D eigenvalue weighted by atomic mass is 9.53. The highest BCUT2D eigenvalue weighted by atomic mass is 16.8. The molecular weight excluding hydrogens is 342 g/mol. The Hall–Kier alpha value is -1.75. The Morgan fingerprint density at radius 3 is 3.07 bits per heavy atom. The van der Waals surface area contributed by atoms with E-state index in [0.717, 1.165) is 37.5 Å². The highest BCUT2D eigenvalue weighted by molar-refractivity contribution is 5.59. The molecule has 2 bridgehead atoms. The molecule has 2 fully saturated rings. The zero-order chi connectivity index (χ0) is 18.7. The van der Waals surface area contributed by atoms with Crippen molar-refractivity contribution in [2.24, 2.45) is 5.92 Å². The number of rotatable bonds is 6. The molecule has 0 unspecified atom stereocenters. The molecule has 0 spiro atoms. The second kappa shape index (κ2) is 8.09. The molecule has 1 aliphatic heterocycles. The molecule has 0 amide bonds. The molecule has 5 heteroatoms. The minimum Gasteiger partial charge on any atom is -0.457 e. The lowest BCUT2D eigenvalue weighted by Crippen LogP contribution is -2.59. The van der Waals surface area contributed by atoms with Crippen molar-refractivity contribution >= 4 is 6.16 Å². The molecule has 0 aromatic heterocycles. The number of unbranched alkanes of at least 4 members (excludes halogenated alkanes) is 1. The first-order chi connectivity index (χ1) is 13.2. The van der Waals surface area contributed by atoms with E-state index in [1.54, 1.807) is 0 Å². The maximum absolute atomic E-state index is 11.5. The van der Waals surface area contributed by atoms with Gasteiger partial charge in [0, 0.05) is 11.5 Å². The van der Waals surface area contributed by atoms with Crippen LogP contribution < -0.4 is 10.1 Å². The van der Waals surface area contributed by atoms with Crippen LogP contribution in [0, 0.1) is 5.92 Å². The Kier molecular flexibility index (Phi) is 5.58. The third kappa shape index (κ3) is 3.66. The molecule has 1 saturated heterocycles. The van der Waals surface area contributed by atoms with Gasteiger partial charge in [-0.1, -0.05) is 32.3 Å². The fraction of sp³-hybridized carbons (Fsp3) is 0.682. The van der Waals surface area contributed by atoms with Gasteiger partial charge in [0.2, 0.25) is 6.79 Å². The molecule has 0 radical (unpaired) electrons. The van der Waals surface area contributed by atoms with Crippen molar-refractivity contribution in [1.29, 1.82) is 0 Å². The van der Waals surface area contributed by atoms with Gasteiger partial charge in [0.15, 0.2) is 0 Å². The topological polar surface area (TPSA) is 56.8 Å². The Bertz CT molecular complexity index is 672. The second-order valence-electron chi connectivity index (χ2n) is 8.20. The molecule has 1 aromatic carbocycles. The summed E-state index contributed by atoms with van der Waals surface area (Å²) in [6.07, 6.45) is 8.78. The van der Waals surface area contributed by atoms with Gasteiger partial charge in [0.25, 0.3) is 0 Å². The number of carbonyl (C=O) groups excluding carboxylic acids is 1. The highest BCUT2D eigenvalue weighted by Gasteiger charge is 2.51. The SMILES string of the molecule is CCCCOC(=O)OCOc1ccc2c(c1)[C@@]13CCCC[C@@H]1[C@H](C2)NCC3.